The van der Waals surface area contributed by atoms with Crippen LogP contribution in [0, 0.1) is 0 Å². The molecule has 2 heterocycles. The van der Waals surface area contributed by atoms with Crippen LogP contribution in [-0.4, -0.2) is 40.2 Å². The van der Waals surface area contributed by atoms with Crippen LogP contribution in [0.3, 0.4) is 0 Å². The maximum absolute atomic E-state index is 12.6. The van der Waals surface area contributed by atoms with Crippen LogP contribution < -0.4 is 15.4 Å². The first kappa shape index (κ1) is 16.9. The number of methoxy groups -OCH3 is 1. The number of benzene rings is 1. The Bertz CT molecular complexity index is 786. The largest absolute Gasteiger partial charge is 0.497 e. The van der Waals surface area contributed by atoms with Crippen molar-refractivity contribution < 1.29 is 14.3 Å². The quantitative estimate of drug-likeness (QED) is 0.818. The monoisotopic (exact) mass is 343 g/mol. The van der Waals surface area contributed by atoms with Gasteiger partial charge in [-0.2, -0.15) is 0 Å². The van der Waals surface area contributed by atoms with E-state index in [2.05, 4.69) is 20.8 Å². The van der Waals surface area contributed by atoms with E-state index >= 15 is 0 Å². The molecule has 2 N–H and O–H groups in total. The summed E-state index contributed by atoms with van der Waals surface area (Å²) in [6.45, 7) is 3.23. The molecule has 0 spiro atoms. The Morgan fingerprint density at radius 3 is 3.08 bits per heavy atom. The van der Waals surface area contributed by atoms with E-state index in [1.807, 2.05) is 11.5 Å². The highest BCUT2D eigenvalue weighted by molar-refractivity contribution is 6.01. The summed E-state index contributed by atoms with van der Waals surface area (Å²) in [6.07, 6.45) is 2.38. The summed E-state index contributed by atoms with van der Waals surface area (Å²) >= 11 is 0. The Morgan fingerprint density at radius 2 is 2.32 bits per heavy atom. The standard InChI is InChI=1S/C17H21N5O3/c1-3-22-10-19-21-15(22)6-7-18-17(24)13-9-16(23)20-14-5-4-11(25-2)8-12(13)14/h4-5,8,10,13H,3,6-7,9H2,1-2H3,(H,18,24)(H,20,23). The van der Waals surface area contributed by atoms with E-state index in [4.69, 9.17) is 4.74 Å². The maximum atomic E-state index is 12.6. The second-order valence-electron chi connectivity index (χ2n) is 5.83. The van der Waals surface area contributed by atoms with Crippen LogP contribution in [0.1, 0.15) is 30.7 Å². The minimum atomic E-state index is -0.525. The lowest BCUT2D eigenvalue weighted by molar-refractivity contribution is -0.126. The van der Waals surface area contributed by atoms with E-state index in [-0.39, 0.29) is 18.2 Å². The topological polar surface area (TPSA) is 98.1 Å². The van der Waals surface area contributed by atoms with Crippen LogP contribution in [0.4, 0.5) is 5.69 Å². The molecule has 132 valence electrons. The third kappa shape index (κ3) is 3.62. The Hall–Kier alpha value is -2.90. The van der Waals surface area contributed by atoms with E-state index in [1.54, 1.807) is 31.6 Å². The number of aryl methyl sites for hydroxylation is 1. The van der Waals surface area contributed by atoms with Crippen molar-refractivity contribution in [2.75, 3.05) is 19.0 Å². The lowest BCUT2D eigenvalue weighted by Gasteiger charge is -2.25. The average molecular weight is 343 g/mol. The van der Waals surface area contributed by atoms with Crippen LogP contribution in [0.5, 0.6) is 5.75 Å². The number of amides is 2. The van der Waals surface area contributed by atoms with E-state index < -0.39 is 5.92 Å². The van der Waals surface area contributed by atoms with Gasteiger partial charge in [-0.05, 0) is 30.7 Å². The molecule has 0 fully saturated rings. The number of hydrogen-bond acceptors (Lipinski definition) is 5. The lowest BCUT2D eigenvalue weighted by Crippen LogP contribution is -2.36. The van der Waals surface area contributed by atoms with Gasteiger partial charge in [0.15, 0.2) is 0 Å². The van der Waals surface area contributed by atoms with Gasteiger partial charge in [0.2, 0.25) is 11.8 Å². The highest BCUT2D eigenvalue weighted by Crippen LogP contribution is 2.34. The predicted molar refractivity (Wildman–Crippen MR) is 91.4 cm³/mol. The summed E-state index contributed by atoms with van der Waals surface area (Å²) in [6, 6.07) is 5.32. The fraction of sp³-hybridized carbons (Fsp3) is 0.412. The first-order valence-electron chi connectivity index (χ1n) is 8.24. The van der Waals surface area contributed by atoms with Crippen molar-refractivity contribution in [1.82, 2.24) is 20.1 Å². The van der Waals surface area contributed by atoms with Crippen molar-refractivity contribution in [1.29, 1.82) is 0 Å². The molecule has 1 aliphatic rings. The molecule has 8 nitrogen and oxygen atoms in total. The van der Waals surface area contributed by atoms with Gasteiger partial charge < -0.3 is 19.9 Å². The maximum Gasteiger partial charge on any atom is 0.228 e. The molecule has 1 aromatic heterocycles. The third-order valence-electron chi connectivity index (χ3n) is 4.30. The van der Waals surface area contributed by atoms with Crippen molar-refractivity contribution in [3.63, 3.8) is 0 Å². The van der Waals surface area contributed by atoms with Gasteiger partial charge in [-0.15, -0.1) is 10.2 Å². The van der Waals surface area contributed by atoms with Crippen molar-refractivity contribution in [3.8, 4) is 5.75 Å². The van der Waals surface area contributed by atoms with Gasteiger partial charge >= 0.3 is 0 Å². The number of nitrogens with zero attached hydrogens (tertiary/aromatic N) is 3. The van der Waals surface area contributed by atoms with Crippen LogP contribution in [0.2, 0.25) is 0 Å². The molecule has 2 aromatic rings. The summed E-state index contributed by atoms with van der Waals surface area (Å²) in [4.78, 5) is 24.5. The van der Waals surface area contributed by atoms with Crippen LogP contribution in [0.25, 0.3) is 0 Å². The van der Waals surface area contributed by atoms with Crippen LogP contribution in [0.15, 0.2) is 24.5 Å². The summed E-state index contributed by atoms with van der Waals surface area (Å²) in [5.74, 6) is 0.619. The van der Waals surface area contributed by atoms with Gasteiger partial charge in [-0.3, -0.25) is 9.59 Å². The summed E-state index contributed by atoms with van der Waals surface area (Å²) in [7, 11) is 1.57. The van der Waals surface area contributed by atoms with Gasteiger partial charge in [0.1, 0.15) is 17.9 Å². The number of aromatic nitrogens is 3. The fourth-order valence-corrected chi connectivity index (χ4v) is 2.96. The number of hydrogen-bond donors (Lipinski definition) is 2. The highest BCUT2D eigenvalue weighted by atomic mass is 16.5. The number of rotatable bonds is 6. The van der Waals surface area contributed by atoms with Crippen molar-refractivity contribution in [2.24, 2.45) is 0 Å². The molecule has 2 amide bonds. The molecule has 1 unspecified atom stereocenters. The van der Waals surface area contributed by atoms with Crippen molar-refractivity contribution >= 4 is 17.5 Å². The van der Waals surface area contributed by atoms with Crippen LogP contribution in [-0.2, 0) is 22.6 Å². The molecular formula is C17H21N5O3. The summed E-state index contributed by atoms with van der Waals surface area (Å²) in [5, 5.41) is 13.6. The Labute approximate surface area is 145 Å². The zero-order valence-corrected chi connectivity index (χ0v) is 14.3. The minimum absolute atomic E-state index is 0.122. The predicted octanol–water partition coefficient (Wildman–Crippen LogP) is 1.09. The van der Waals surface area contributed by atoms with Gasteiger partial charge in [0.05, 0.1) is 13.0 Å². The van der Waals surface area contributed by atoms with E-state index in [0.717, 1.165) is 17.9 Å². The number of carbonyl (C=O) groups excluding carboxylic acids is 2. The zero-order chi connectivity index (χ0) is 17.8. The fourth-order valence-electron chi connectivity index (χ4n) is 2.96. The lowest BCUT2D eigenvalue weighted by atomic mass is 9.89. The van der Waals surface area contributed by atoms with Gasteiger partial charge in [0.25, 0.3) is 0 Å². The van der Waals surface area contributed by atoms with Crippen molar-refractivity contribution in [3.05, 3.63) is 35.9 Å². The second kappa shape index (κ2) is 7.33. The molecular weight excluding hydrogens is 322 g/mol. The Kier molecular flexibility index (Phi) is 4.97. The van der Waals surface area contributed by atoms with Gasteiger partial charge in [-0.1, -0.05) is 0 Å². The SMILES string of the molecule is CCn1cnnc1CCNC(=O)C1CC(=O)Nc2ccc(OC)cc21. The molecule has 1 aromatic carbocycles. The summed E-state index contributed by atoms with van der Waals surface area (Å²) < 4.78 is 7.16. The van der Waals surface area contributed by atoms with Crippen LogP contribution >= 0.6 is 0 Å². The number of fused-ring (bicyclic) bond motifs is 1. The molecule has 0 bridgehead atoms. The molecule has 0 aliphatic carbocycles. The average Bonchev–Trinajstić information content (AvgIpc) is 3.08. The molecule has 25 heavy (non-hydrogen) atoms. The van der Waals surface area contributed by atoms with Gasteiger partial charge in [-0.25, -0.2) is 0 Å². The third-order valence-corrected chi connectivity index (χ3v) is 4.30. The second-order valence-corrected chi connectivity index (χ2v) is 5.83. The first-order valence-corrected chi connectivity index (χ1v) is 8.24. The highest BCUT2D eigenvalue weighted by Gasteiger charge is 2.30. The first-order chi connectivity index (χ1) is 12.1. The number of ether oxygens (including phenoxy) is 1. The molecule has 0 saturated carbocycles. The Balaban J connectivity index is 1.69. The normalized spacial score (nSPS) is 16.1. The van der Waals surface area contributed by atoms with E-state index in [0.29, 0.717) is 24.4 Å². The smallest absolute Gasteiger partial charge is 0.228 e. The molecule has 1 aliphatic heterocycles. The molecule has 0 saturated heterocycles. The zero-order valence-electron chi connectivity index (χ0n) is 14.3. The van der Waals surface area contributed by atoms with Gasteiger partial charge in [0, 0.05) is 31.6 Å². The minimum Gasteiger partial charge on any atom is -0.497 e. The Morgan fingerprint density at radius 1 is 1.48 bits per heavy atom. The number of anilines is 1. The summed E-state index contributed by atoms with van der Waals surface area (Å²) in [5.41, 5.74) is 1.43. The van der Waals surface area contributed by atoms with E-state index in [9.17, 15) is 9.59 Å². The van der Waals surface area contributed by atoms with Crippen molar-refractivity contribution in [2.45, 2.75) is 32.2 Å². The molecule has 0 radical (unpaired) electrons. The number of nitrogens with one attached hydrogen (secondary N) is 2. The molecule has 8 heteroatoms. The molecule has 1 atom stereocenters. The number of carbonyl (C=O) groups is 2. The molecule has 3 rings (SSSR count). The van der Waals surface area contributed by atoms with E-state index in [1.165, 1.54) is 0 Å².